The van der Waals surface area contributed by atoms with E-state index < -0.39 is 0 Å². The van der Waals surface area contributed by atoms with E-state index in [4.69, 9.17) is 0 Å². The quantitative estimate of drug-likeness (QED) is 0.515. The summed E-state index contributed by atoms with van der Waals surface area (Å²) in [6.07, 6.45) is 4.22. The van der Waals surface area contributed by atoms with Gasteiger partial charge in [-0.1, -0.05) is 36.4 Å². The standard InChI is InChI=1S/C26H35N5O/c1-20(23-10-6-11-24(17-23)30-13-3-4-14-30)29-26(27-2)28-18-21-8-5-9-22(16-21)19-31-15-7-12-25(31)32/h5-6,8-11,16-17,20H,3-4,7,12-15,18-19H2,1-2H3,(H2,27,28,29). The Kier molecular flexibility index (Phi) is 7.30. The molecular formula is C26H35N5O. The first-order valence-corrected chi connectivity index (χ1v) is 11.8. The molecule has 2 aromatic carbocycles. The molecule has 2 N–H and O–H groups in total. The fraction of sp³-hybridized carbons (Fsp3) is 0.462. The van der Waals surface area contributed by atoms with Gasteiger partial charge in [0.1, 0.15) is 0 Å². The Labute approximate surface area is 191 Å². The predicted octanol–water partition coefficient (Wildman–Crippen LogP) is 3.84. The first-order valence-electron chi connectivity index (χ1n) is 11.8. The molecule has 2 aromatic rings. The van der Waals surface area contributed by atoms with Crippen LogP contribution in [0.25, 0.3) is 0 Å². The number of carbonyl (C=O) groups excluding carboxylic acids is 1. The van der Waals surface area contributed by atoms with Crippen molar-refractivity contribution in [3.05, 3.63) is 65.2 Å². The van der Waals surface area contributed by atoms with Crippen molar-refractivity contribution in [2.45, 2.75) is 51.7 Å². The number of rotatable bonds is 7. The molecule has 32 heavy (non-hydrogen) atoms. The third-order valence-electron chi connectivity index (χ3n) is 6.41. The molecule has 2 heterocycles. The highest BCUT2D eigenvalue weighted by molar-refractivity contribution is 5.80. The van der Waals surface area contributed by atoms with Crippen LogP contribution in [0.15, 0.2) is 53.5 Å². The molecule has 0 radical (unpaired) electrons. The minimum Gasteiger partial charge on any atom is -0.372 e. The topological polar surface area (TPSA) is 60.0 Å². The number of carbonyl (C=O) groups is 1. The molecule has 0 aliphatic carbocycles. The lowest BCUT2D eigenvalue weighted by Gasteiger charge is -2.22. The largest absolute Gasteiger partial charge is 0.372 e. The Hall–Kier alpha value is -3.02. The van der Waals surface area contributed by atoms with Crippen molar-refractivity contribution >= 4 is 17.6 Å². The van der Waals surface area contributed by atoms with Crippen LogP contribution in [0.4, 0.5) is 5.69 Å². The molecule has 4 rings (SSSR count). The van der Waals surface area contributed by atoms with Gasteiger partial charge in [0.25, 0.3) is 0 Å². The SMILES string of the molecule is CN=C(NCc1cccc(CN2CCCC2=O)c1)NC(C)c1cccc(N2CCCC2)c1. The summed E-state index contributed by atoms with van der Waals surface area (Å²) in [7, 11) is 1.80. The van der Waals surface area contributed by atoms with Gasteiger partial charge in [0.15, 0.2) is 5.96 Å². The van der Waals surface area contributed by atoms with E-state index in [1.807, 2.05) is 4.90 Å². The average molecular weight is 434 g/mol. The molecule has 2 saturated heterocycles. The molecule has 0 bridgehead atoms. The van der Waals surface area contributed by atoms with Gasteiger partial charge in [-0.25, -0.2) is 0 Å². The monoisotopic (exact) mass is 433 g/mol. The highest BCUT2D eigenvalue weighted by Crippen LogP contribution is 2.24. The number of nitrogens with zero attached hydrogens (tertiary/aromatic N) is 3. The molecule has 170 valence electrons. The first-order chi connectivity index (χ1) is 15.6. The second kappa shape index (κ2) is 10.5. The van der Waals surface area contributed by atoms with Crippen LogP contribution in [0.2, 0.25) is 0 Å². The van der Waals surface area contributed by atoms with Gasteiger partial charge in [0.05, 0.1) is 6.04 Å². The maximum atomic E-state index is 11.9. The van der Waals surface area contributed by atoms with Gasteiger partial charge >= 0.3 is 0 Å². The Morgan fingerprint density at radius 2 is 1.81 bits per heavy atom. The van der Waals surface area contributed by atoms with E-state index in [0.717, 1.165) is 32.0 Å². The zero-order valence-electron chi connectivity index (χ0n) is 19.3. The molecule has 1 amide bonds. The smallest absolute Gasteiger partial charge is 0.222 e. The number of nitrogens with one attached hydrogen (secondary N) is 2. The number of likely N-dealkylation sites (tertiary alicyclic amines) is 1. The molecular weight excluding hydrogens is 398 g/mol. The molecule has 2 fully saturated rings. The van der Waals surface area contributed by atoms with Crippen LogP contribution in [0.5, 0.6) is 0 Å². The van der Waals surface area contributed by atoms with Crippen LogP contribution < -0.4 is 15.5 Å². The molecule has 2 aliphatic heterocycles. The lowest BCUT2D eigenvalue weighted by molar-refractivity contribution is -0.128. The molecule has 2 aliphatic rings. The molecule has 0 aromatic heterocycles. The van der Waals surface area contributed by atoms with E-state index in [0.29, 0.717) is 19.5 Å². The van der Waals surface area contributed by atoms with E-state index in [9.17, 15) is 4.79 Å². The average Bonchev–Trinajstić information content (AvgIpc) is 3.49. The van der Waals surface area contributed by atoms with Gasteiger partial charge in [0, 0.05) is 51.9 Å². The van der Waals surface area contributed by atoms with Crippen molar-refractivity contribution in [1.82, 2.24) is 15.5 Å². The summed E-state index contributed by atoms with van der Waals surface area (Å²) in [5.74, 6) is 1.05. The van der Waals surface area contributed by atoms with Crippen molar-refractivity contribution in [2.75, 3.05) is 31.6 Å². The van der Waals surface area contributed by atoms with Crippen molar-refractivity contribution in [2.24, 2.45) is 4.99 Å². The minimum absolute atomic E-state index is 0.149. The predicted molar refractivity (Wildman–Crippen MR) is 131 cm³/mol. The van der Waals surface area contributed by atoms with Crippen LogP contribution in [0.1, 0.15) is 55.3 Å². The first kappa shape index (κ1) is 22.2. The highest BCUT2D eigenvalue weighted by Gasteiger charge is 2.20. The van der Waals surface area contributed by atoms with Crippen molar-refractivity contribution < 1.29 is 4.79 Å². The maximum absolute atomic E-state index is 11.9. The molecule has 1 unspecified atom stereocenters. The van der Waals surface area contributed by atoms with Crippen molar-refractivity contribution in [1.29, 1.82) is 0 Å². The van der Waals surface area contributed by atoms with E-state index in [-0.39, 0.29) is 11.9 Å². The lowest BCUT2D eigenvalue weighted by Crippen LogP contribution is -2.38. The van der Waals surface area contributed by atoms with Gasteiger partial charge in [-0.05, 0) is 55.0 Å². The number of benzene rings is 2. The molecule has 1 atom stereocenters. The number of aliphatic imine (C=N–C) groups is 1. The summed E-state index contributed by atoms with van der Waals surface area (Å²) >= 11 is 0. The third kappa shape index (κ3) is 5.61. The van der Waals surface area contributed by atoms with Crippen LogP contribution in [0, 0.1) is 0 Å². The van der Waals surface area contributed by atoms with E-state index in [1.165, 1.54) is 35.2 Å². The number of anilines is 1. The second-order valence-corrected chi connectivity index (χ2v) is 8.82. The number of hydrogen-bond acceptors (Lipinski definition) is 3. The van der Waals surface area contributed by atoms with Gasteiger partial charge in [0.2, 0.25) is 5.91 Å². The normalized spacial score (nSPS) is 17.7. The van der Waals surface area contributed by atoms with E-state index >= 15 is 0 Å². The van der Waals surface area contributed by atoms with E-state index in [1.54, 1.807) is 7.05 Å². The van der Waals surface area contributed by atoms with Crippen molar-refractivity contribution in [3.8, 4) is 0 Å². The third-order valence-corrected chi connectivity index (χ3v) is 6.41. The lowest BCUT2D eigenvalue weighted by atomic mass is 10.1. The Bertz CT molecular complexity index is 951. The fourth-order valence-electron chi connectivity index (χ4n) is 4.56. The summed E-state index contributed by atoms with van der Waals surface area (Å²) in [6, 6.07) is 17.4. The maximum Gasteiger partial charge on any atom is 0.222 e. The Morgan fingerprint density at radius 3 is 2.56 bits per heavy atom. The van der Waals surface area contributed by atoms with Crippen LogP contribution >= 0.6 is 0 Å². The van der Waals surface area contributed by atoms with Crippen molar-refractivity contribution in [3.63, 3.8) is 0 Å². The van der Waals surface area contributed by atoms with Gasteiger partial charge < -0.3 is 20.4 Å². The van der Waals surface area contributed by atoms with Gasteiger partial charge in [-0.2, -0.15) is 0 Å². The zero-order valence-corrected chi connectivity index (χ0v) is 19.3. The fourth-order valence-corrected chi connectivity index (χ4v) is 4.56. The zero-order chi connectivity index (χ0) is 22.3. The van der Waals surface area contributed by atoms with Crippen LogP contribution in [0.3, 0.4) is 0 Å². The number of amides is 1. The molecule has 0 spiro atoms. The summed E-state index contributed by atoms with van der Waals surface area (Å²) in [4.78, 5) is 20.7. The summed E-state index contributed by atoms with van der Waals surface area (Å²) in [5.41, 5.74) is 4.93. The number of guanidine groups is 1. The second-order valence-electron chi connectivity index (χ2n) is 8.82. The van der Waals surface area contributed by atoms with Crippen LogP contribution in [-0.2, 0) is 17.9 Å². The Balaban J connectivity index is 1.32. The van der Waals surface area contributed by atoms with Gasteiger partial charge in [-0.15, -0.1) is 0 Å². The summed E-state index contributed by atoms with van der Waals surface area (Å²) < 4.78 is 0. The van der Waals surface area contributed by atoms with E-state index in [2.05, 4.69) is 76.0 Å². The highest BCUT2D eigenvalue weighted by atomic mass is 16.2. The minimum atomic E-state index is 0.149. The Morgan fingerprint density at radius 1 is 1.03 bits per heavy atom. The number of hydrogen-bond donors (Lipinski definition) is 2. The molecule has 6 heteroatoms. The van der Waals surface area contributed by atoms with Crippen LogP contribution in [-0.4, -0.2) is 43.4 Å². The van der Waals surface area contributed by atoms with Gasteiger partial charge in [-0.3, -0.25) is 9.79 Å². The molecule has 0 saturated carbocycles. The summed E-state index contributed by atoms with van der Waals surface area (Å²) in [6.45, 7) is 6.73. The molecule has 6 nitrogen and oxygen atoms in total. The summed E-state index contributed by atoms with van der Waals surface area (Å²) in [5, 5.41) is 6.95.